The van der Waals surface area contributed by atoms with Gasteiger partial charge < -0.3 is 24.6 Å². The molecule has 1 aromatic carbocycles. The van der Waals surface area contributed by atoms with Gasteiger partial charge in [-0.3, -0.25) is 9.58 Å². The summed E-state index contributed by atoms with van der Waals surface area (Å²) in [6.07, 6.45) is 7.75. The minimum Gasteiger partial charge on any atom is -0.374 e. The molecule has 4 aliphatic rings. The number of nitrogens with zero attached hydrogens (tertiary/aromatic N) is 8. The van der Waals surface area contributed by atoms with E-state index in [9.17, 15) is 8.78 Å². The first kappa shape index (κ1) is 31.1. The number of rotatable bonds is 8. The zero-order valence-electron chi connectivity index (χ0n) is 27.5. The van der Waals surface area contributed by atoms with E-state index in [0.717, 1.165) is 114 Å². The highest BCUT2D eigenvalue weighted by atomic mass is 19.3. The van der Waals surface area contributed by atoms with Crippen molar-refractivity contribution in [2.24, 2.45) is 7.05 Å². The number of piperazine rings is 1. The third kappa shape index (κ3) is 6.00. The van der Waals surface area contributed by atoms with Crippen molar-refractivity contribution < 1.29 is 8.78 Å². The van der Waals surface area contributed by atoms with Gasteiger partial charge in [-0.25, -0.2) is 13.8 Å². The van der Waals surface area contributed by atoms with Gasteiger partial charge in [0.25, 0.3) is 6.43 Å². The van der Waals surface area contributed by atoms with E-state index in [0.29, 0.717) is 11.6 Å². The fourth-order valence-corrected chi connectivity index (χ4v) is 7.88. The second-order valence-corrected chi connectivity index (χ2v) is 13.5. The molecule has 1 fully saturated rings. The largest absolute Gasteiger partial charge is 0.374 e. The first-order valence-corrected chi connectivity index (χ1v) is 16.8. The molecule has 246 valence electrons. The minimum absolute atomic E-state index is 0.0497. The summed E-state index contributed by atoms with van der Waals surface area (Å²) in [5.74, 6) is 1.18. The van der Waals surface area contributed by atoms with E-state index in [-0.39, 0.29) is 5.56 Å². The molecule has 4 aliphatic heterocycles. The Kier molecular flexibility index (Phi) is 8.73. The SMILES string of the molecule is C=C(C1=C(N(C)C2CCn3c(cnc3CN3CCNCC3)C2)CCN(C)C1)N1CCCc2cc(-c3cnn(C)c3)c(C(F)F)cc21. The lowest BCUT2D eigenvalue weighted by Gasteiger charge is -2.42. The molecule has 1 unspecified atom stereocenters. The summed E-state index contributed by atoms with van der Waals surface area (Å²) < 4.78 is 33.1. The lowest BCUT2D eigenvalue weighted by Crippen LogP contribution is -2.44. The van der Waals surface area contributed by atoms with Crippen molar-refractivity contribution in [3.8, 4) is 11.1 Å². The quantitative estimate of drug-likeness (QED) is 0.395. The molecule has 0 aliphatic carbocycles. The van der Waals surface area contributed by atoms with Gasteiger partial charge in [0.2, 0.25) is 0 Å². The van der Waals surface area contributed by atoms with Crippen LogP contribution in [0.4, 0.5) is 14.5 Å². The summed E-state index contributed by atoms with van der Waals surface area (Å²) in [6, 6.07) is 4.05. The number of imidazole rings is 1. The third-order valence-electron chi connectivity index (χ3n) is 10.5. The predicted molar refractivity (Wildman–Crippen MR) is 178 cm³/mol. The lowest BCUT2D eigenvalue weighted by molar-refractivity contribution is 0.152. The minimum atomic E-state index is -2.59. The van der Waals surface area contributed by atoms with Crippen molar-refractivity contribution in [3.63, 3.8) is 0 Å². The van der Waals surface area contributed by atoms with E-state index in [4.69, 9.17) is 4.98 Å². The van der Waals surface area contributed by atoms with Gasteiger partial charge in [-0.05, 0) is 49.6 Å². The maximum absolute atomic E-state index is 14.5. The van der Waals surface area contributed by atoms with Crippen LogP contribution in [0.5, 0.6) is 0 Å². The van der Waals surface area contributed by atoms with Gasteiger partial charge >= 0.3 is 0 Å². The van der Waals surface area contributed by atoms with Crippen molar-refractivity contribution in [2.45, 2.75) is 57.7 Å². The molecule has 1 saturated heterocycles. The molecule has 9 nitrogen and oxygen atoms in total. The van der Waals surface area contributed by atoms with Crippen molar-refractivity contribution in [1.29, 1.82) is 0 Å². The number of alkyl halides is 2. The molecule has 46 heavy (non-hydrogen) atoms. The molecule has 3 aromatic rings. The molecular formula is C35H47F2N9. The van der Waals surface area contributed by atoms with Crippen LogP contribution in [-0.2, 0) is 33.0 Å². The van der Waals surface area contributed by atoms with Gasteiger partial charge in [0.05, 0.1) is 12.7 Å². The molecule has 1 N–H and O–H groups in total. The number of aryl methyl sites for hydroxylation is 2. The average molecular weight is 632 g/mol. The Morgan fingerprint density at radius 2 is 1.91 bits per heavy atom. The Morgan fingerprint density at radius 1 is 1.09 bits per heavy atom. The van der Waals surface area contributed by atoms with E-state index in [1.54, 1.807) is 16.9 Å². The van der Waals surface area contributed by atoms with Gasteiger partial charge in [-0.2, -0.15) is 5.10 Å². The Balaban J connectivity index is 1.15. The van der Waals surface area contributed by atoms with Gasteiger partial charge in [0, 0.05) is 137 Å². The number of likely N-dealkylation sites (N-methyl/N-ethyl adjacent to an activating group) is 2. The van der Waals surface area contributed by atoms with Crippen molar-refractivity contribution in [1.82, 2.24) is 39.3 Å². The normalized spacial score (nSPS) is 21.1. The van der Waals surface area contributed by atoms with E-state index < -0.39 is 6.43 Å². The summed E-state index contributed by atoms with van der Waals surface area (Å²) in [4.78, 5) is 14.4. The maximum Gasteiger partial charge on any atom is 0.264 e. The maximum atomic E-state index is 14.5. The van der Waals surface area contributed by atoms with Crippen molar-refractivity contribution in [3.05, 3.63) is 76.9 Å². The van der Waals surface area contributed by atoms with Crippen molar-refractivity contribution in [2.75, 3.05) is 64.8 Å². The van der Waals surface area contributed by atoms with Crippen LogP contribution in [0.3, 0.4) is 0 Å². The summed E-state index contributed by atoms with van der Waals surface area (Å²) in [7, 11) is 6.21. The van der Waals surface area contributed by atoms with Gasteiger partial charge in [-0.1, -0.05) is 6.58 Å². The number of nitrogens with one attached hydrogen (secondary N) is 1. The highest BCUT2D eigenvalue weighted by Crippen LogP contribution is 2.41. The molecule has 6 heterocycles. The monoisotopic (exact) mass is 631 g/mol. The van der Waals surface area contributed by atoms with Crippen LogP contribution in [0.15, 0.2) is 54.3 Å². The number of anilines is 1. The molecule has 2 aromatic heterocycles. The summed E-state index contributed by atoms with van der Waals surface area (Å²) in [5.41, 5.74) is 8.09. The molecular weight excluding hydrogens is 584 g/mol. The zero-order valence-corrected chi connectivity index (χ0v) is 27.5. The Bertz CT molecular complexity index is 1620. The van der Waals surface area contributed by atoms with Gasteiger partial charge in [-0.15, -0.1) is 0 Å². The lowest BCUT2D eigenvalue weighted by atomic mass is 9.91. The number of hydrogen-bond acceptors (Lipinski definition) is 7. The fraction of sp³-hybridized carbons (Fsp3) is 0.543. The first-order valence-electron chi connectivity index (χ1n) is 16.8. The standard InChI is InChI=1S/C35H47F2N9/c1-24(45-11-5-6-25-16-29(26-19-40-42(3)21-26)30(35(36)37)18-33(25)45)31-22-41(2)12-8-32(31)43(4)27-7-13-46-28(17-27)20-39-34(46)23-44-14-9-38-10-15-44/h16,18-21,27,35,38H,1,5-15,17,22-23H2,2-4H3. The van der Waals surface area contributed by atoms with Crippen LogP contribution < -0.4 is 10.2 Å². The third-order valence-corrected chi connectivity index (χ3v) is 10.5. The highest BCUT2D eigenvalue weighted by Gasteiger charge is 2.32. The smallest absolute Gasteiger partial charge is 0.264 e. The van der Waals surface area contributed by atoms with Crippen LogP contribution in [0.2, 0.25) is 0 Å². The molecule has 0 saturated carbocycles. The number of hydrogen-bond donors (Lipinski definition) is 1. The van der Waals surface area contributed by atoms with Gasteiger partial charge in [0.1, 0.15) is 5.82 Å². The molecule has 1 atom stereocenters. The molecule has 11 heteroatoms. The Labute approximate surface area is 271 Å². The molecule has 0 radical (unpaired) electrons. The number of halogens is 2. The summed E-state index contributed by atoms with van der Waals surface area (Å²) in [5, 5.41) is 7.68. The Morgan fingerprint density at radius 3 is 2.67 bits per heavy atom. The second kappa shape index (κ2) is 12.9. The average Bonchev–Trinajstić information content (AvgIpc) is 3.69. The predicted octanol–water partition coefficient (Wildman–Crippen LogP) is 4.43. The van der Waals surface area contributed by atoms with Crippen LogP contribution in [0, 0.1) is 0 Å². The number of fused-ring (bicyclic) bond motifs is 2. The molecule has 7 rings (SSSR count). The molecule has 0 spiro atoms. The van der Waals surface area contributed by atoms with Crippen molar-refractivity contribution >= 4 is 5.69 Å². The van der Waals surface area contributed by atoms with Crippen LogP contribution in [0.25, 0.3) is 11.1 Å². The molecule has 0 bridgehead atoms. The first-order chi connectivity index (χ1) is 22.3. The zero-order chi connectivity index (χ0) is 31.9. The second-order valence-electron chi connectivity index (χ2n) is 13.5. The van der Waals surface area contributed by atoms with E-state index >= 15 is 0 Å². The van der Waals surface area contributed by atoms with E-state index in [1.807, 2.05) is 19.3 Å². The molecule has 0 amide bonds. The van der Waals surface area contributed by atoms with Gasteiger partial charge in [0.15, 0.2) is 0 Å². The van der Waals surface area contributed by atoms with E-state index in [2.05, 4.69) is 61.5 Å². The Hall–Kier alpha value is -3.54. The van der Waals surface area contributed by atoms with Crippen LogP contribution >= 0.6 is 0 Å². The topological polar surface area (TPSA) is 60.6 Å². The number of benzene rings is 1. The highest BCUT2D eigenvalue weighted by molar-refractivity contribution is 5.75. The van der Waals surface area contributed by atoms with Crippen LogP contribution in [-0.4, -0.2) is 100.0 Å². The summed E-state index contributed by atoms with van der Waals surface area (Å²) >= 11 is 0. The fourth-order valence-electron chi connectivity index (χ4n) is 7.88. The summed E-state index contributed by atoms with van der Waals surface area (Å²) in [6.45, 7) is 13.3. The number of aromatic nitrogens is 4. The van der Waals surface area contributed by atoms with E-state index in [1.165, 1.54) is 22.8 Å². The van der Waals surface area contributed by atoms with Crippen LogP contribution in [0.1, 0.15) is 48.3 Å².